The highest BCUT2D eigenvalue weighted by Crippen LogP contribution is 2.32. The highest BCUT2D eigenvalue weighted by Gasteiger charge is 2.29. The Bertz CT molecular complexity index is 1110. The second kappa shape index (κ2) is 7.69. The molecule has 1 fully saturated rings. The standard InChI is InChI=1S/C20H21N5O3S/c21-20-18(14-17(22-23-20)16-8-4-5-9-19(16)26)24-10-12-25(13-11-24)29(27,28)15-6-2-1-3-7-15/h1-9,14,26H,10-13H2,(H2,21,23). The molecule has 0 bridgehead atoms. The third kappa shape index (κ3) is 3.74. The van der Waals surface area contributed by atoms with Gasteiger partial charge in [0.25, 0.3) is 0 Å². The van der Waals surface area contributed by atoms with E-state index in [1.165, 1.54) is 4.31 Å². The fourth-order valence-corrected chi connectivity index (χ4v) is 4.82. The summed E-state index contributed by atoms with van der Waals surface area (Å²) in [6, 6.07) is 17.1. The van der Waals surface area contributed by atoms with Gasteiger partial charge < -0.3 is 15.7 Å². The molecule has 0 saturated carbocycles. The number of sulfonamides is 1. The summed E-state index contributed by atoms with van der Waals surface area (Å²) in [5, 5.41) is 18.2. The predicted octanol–water partition coefficient (Wildman–Crippen LogP) is 1.94. The number of nitrogen functional groups attached to an aromatic ring is 1. The van der Waals surface area contributed by atoms with Crippen LogP contribution >= 0.6 is 0 Å². The van der Waals surface area contributed by atoms with E-state index in [-0.39, 0.29) is 11.6 Å². The van der Waals surface area contributed by atoms with E-state index in [1.54, 1.807) is 60.7 Å². The zero-order chi connectivity index (χ0) is 20.4. The van der Waals surface area contributed by atoms with Gasteiger partial charge in [-0.15, -0.1) is 10.2 Å². The minimum atomic E-state index is -3.52. The number of aromatic hydroxyl groups is 1. The van der Waals surface area contributed by atoms with Crippen LogP contribution in [0.2, 0.25) is 0 Å². The van der Waals surface area contributed by atoms with Crippen molar-refractivity contribution in [2.75, 3.05) is 36.8 Å². The summed E-state index contributed by atoms with van der Waals surface area (Å²) in [7, 11) is -3.52. The molecule has 0 spiro atoms. The number of phenolic OH excluding ortho intramolecular Hbond substituents is 1. The molecular weight excluding hydrogens is 390 g/mol. The Morgan fingerprint density at radius 3 is 2.24 bits per heavy atom. The van der Waals surface area contributed by atoms with Crippen molar-refractivity contribution in [2.24, 2.45) is 0 Å². The van der Waals surface area contributed by atoms with Gasteiger partial charge in [-0.2, -0.15) is 4.31 Å². The molecule has 2 aromatic carbocycles. The summed E-state index contributed by atoms with van der Waals surface area (Å²) in [5.74, 6) is 0.375. The zero-order valence-corrected chi connectivity index (χ0v) is 16.5. The van der Waals surface area contributed by atoms with Gasteiger partial charge in [-0.25, -0.2) is 8.42 Å². The molecule has 9 heteroatoms. The number of anilines is 2. The number of phenols is 1. The van der Waals surface area contributed by atoms with E-state index in [4.69, 9.17) is 5.73 Å². The van der Waals surface area contributed by atoms with E-state index >= 15 is 0 Å². The fourth-order valence-electron chi connectivity index (χ4n) is 3.38. The van der Waals surface area contributed by atoms with Crippen LogP contribution in [-0.2, 0) is 10.0 Å². The number of piperazine rings is 1. The van der Waals surface area contributed by atoms with Crippen molar-refractivity contribution in [1.29, 1.82) is 0 Å². The Labute approximate surface area is 169 Å². The van der Waals surface area contributed by atoms with Crippen molar-refractivity contribution < 1.29 is 13.5 Å². The lowest BCUT2D eigenvalue weighted by molar-refractivity contribution is 0.385. The van der Waals surface area contributed by atoms with Crippen molar-refractivity contribution in [3.63, 3.8) is 0 Å². The molecule has 0 atom stereocenters. The van der Waals surface area contributed by atoms with Crippen molar-refractivity contribution in [3.05, 3.63) is 60.7 Å². The molecule has 0 aliphatic carbocycles. The Kier molecular flexibility index (Phi) is 5.08. The van der Waals surface area contributed by atoms with E-state index in [0.29, 0.717) is 48.0 Å². The lowest BCUT2D eigenvalue weighted by Gasteiger charge is -2.35. The Hall–Kier alpha value is -3.17. The van der Waals surface area contributed by atoms with Crippen LogP contribution in [0, 0.1) is 0 Å². The Morgan fingerprint density at radius 1 is 0.897 bits per heavy atom. The van der Waals surface area contributed by atoms with Gasteiger partial charge in [-0.3, -0.25) is 0 Å². The maximum Gasteiger partial charge on any atom is 0.243 e. The summed E-state index contributed by atoms with van der Waals surface area (Å²) in [6.45, 7) is 1.63. The summed E-state index contributed by atoms with van der Waals surface area (Å²) in [6.07, 6.45) is 0. The fraction of sp³-hybridized carbons (Fsp3) is 0.200. The van der Waals surface area contributed by atoms with E-state index in [9.17, 15) is 13.5 Å². The van der Waals surface area contributed by atoms with Crippen LogP contribution < -0.4 is 10.6 Å². The maximum atomic E-state index is 12.8. The molecule has 2 heterocycles. The van der Waals surface area contributed by atoms with E-state index in [2.05, 4.69) is 10.2 Å². The number of nitrogens with zero attached hydrogens (tertiary/aromatic N) is 4. The monoisotopic (exact) mass is 411 g/mol. The van der Waals surface area contributed by atoms with Crippen LogP contribution in [0.3, 0.4) is 0 Å². The molecular formula is C20H21N5O3S. The maximum absolute atomic E-state index is 12.8. The zero-order valence-electron chi connectivity index (χ0n) is 15.6. The second-order valence-electron chi connectivity index (χ2n) is 6.72. The van der Waals surface area contributed by atoms with E-state index in [1.807, 2.05) is 4.90 Å². The minimum absolute atomic E-state index is 0.108. The largest absolute Gasteiger partial charge is 0.507 e. The van der Waals surface area contributed by atoms with E-state index < -0.39 is 10.0 Å². The number of hydrogen-bond acceptors (Lipinski definition) is 7. The molecule has 8 nitrogen and oxygen atoms in total. The summed E-state index contributed by atoms with van der Waals surface area (Å²) in [5.41, 5.74) is 7.78. The van der Waals surface area contributed by atoms with Gasteiger partial charge >= 0.3 is 0 Å². The average molecular weight is 411 g/mol. The number of rotatable bonds is 4. The van der Waals surface area contributed by atoms with Gasteiger partial charge in [-0.1, -0.05) is 30.3 Å². The van der Waals surface area contributed by atoms with Crippen molar-refractivity contribution in [1.82, 2.24) is 14.5 Å². The summed E-state index contributed by atoms with van der Waals surface area (Å²) >= 11 is 0. The Balaban J connectivity index is 1.55. The first-order valence-corrected chi connectivity index (χ1v) is 10.6. The first-order chi connectivity index (χ1) is 14.0. The molecule has 0 radical (unpaired) electrons. The number of benzene rings is 2. The molecule has 1 saturated heterocycles. The second-order valence-corrected chi connectivity index (χ2v) is 8.66. The Morgan fingerprint density at radius 2 is 1.55 bits per heavy atom. The smallest absolute Gasteiger partial charge is 0.243 e. The predicted molar refractivity (Wildman–Crippen MR) is 111 cm³/mol. The molecule has 3 aromatic rings. The number of nitrogens with two attached hydrogens (primary N) is 1. The van der Waals surface area contributed by atoms with Crippen LogP contribution in [0.5, 0.6) is 5.75 Å². The van der Waals surface area contributed by atoms with Gasteiger partial charge in [0.15, 0.2) is 5.82 Å². The lowest BCUT2D eigenvalue weighted by atomic mass is 10.1. The first kappa shape index (κ1) is 19.2. The van der Waals surface area contributed by atoms with Gasteiger partial charge in [0.2, 0.25) is 10.0 Å². The molecule has 3 N–H and O–H groups in total. The van der Waals surface area contributed by atoms with Crippen molar-refractivity contribution in [3.8, 4) is 17.0 Å². The van der Waals surface area contributed by atoms with Gasteiger partial charge in [0, 0.05) is 31.7 Å². The van der Waals surface area contributed by atoms with Crippen molar-refractivity contribution >= 4 is 21.5 Å². The summed E-state index contributed by atoms with van der Waals surface area (Å²) in [4.78, 5) is 2.28. The molecule has 1 aliphatic heterocycles. The van der Waals surface area contributed by atoms with Crippen molar-refractivity contribution in [2.45, 2.75) is 4.90 Å². The SMILES string of the molecule is Nc1nnc(-c2ccccc2O)cc1N1CCN(S(=O)(=O)c2ccccc2)CC1. The molecule has 0 amide bonds. The van der Waals surface area contributed by atoms with Gasteiger partial charge in [0.05, 0.1) is 16.3 Å². The number of aromatic nitrogens is 2. The first-order valence-electron chi connectivity index (χ1n) is 9.18. The quantitative estimate of drug-likeness (QED) is 0.675. The molecule has 150 valence electrons. The topological polar surface area (TPSA) is 113 Å². The average Bonchev–Trinajstić information content (AvgIpc) is 2.75. The third-order valence-electron chi connectivity index (χ3n) is 4.94. The molecule has 29 heavy (non-hydrogen) atoms. The van der Waals surface area contributed by atoms with Gasteiger partial charge in [0.1, 0.15) is 5.75 Å². The molecule has 4 rings (SSSR count). The minimum Gasteiger partial charge on any atom is -0.507 e. The van der Waals surface area contributed by atoms with Crippen LogP contribution in [-0.4, -0.2) is 54.2 Å². The number of para-hydroxylation sites is 1. The van der Waals surface area contributed by atoms with Crippen LogP contribution in [0.4, 0.5) is 11.5 Å². The normalized spacial score (nSPS) is 15.4. The molecule has 1 aliphatic rings. The molecule has 1 aromatic heterocycles. The highest BCUT2D eigenvalue weighted by molar-refractivity contribution is 7.89. The van der Waals surface area contributed by atoms with Crippen LogP contribution in [0.25, 0.3) is 11.3 Å². The summed E-state index contributed by atoms with van der Waals surface area (Å²) < 4.78 is 27.1. The van der Waals surface area contributed by atoms with Crippen LogP contribution in [0.1, 0.15) is 0 Å². The molecule has 0 unspecified atom stereocenters. The van der Waals surface area contributed by atoms with Crippen LogP contribution in [0.15, 0.2) is 65.6 Å². The highest BCUT2D eigenvalue weighted by atomic mass is 32.2. The van der Waals surface area contributed by atoms with E-state index in [0.717, 1.165) is 0 Å². The lowest BCUT2D eigenvalue weighted by Crippen LogP contribution is -2.48. The third-order valence-corrected chi connectivity index (χ3v) is 6.85. The number of hydrogen-bond donors (Lipinski definition) is 2. The van der Waals surface area contributed by atoms with Gasteiger partial charge in [-0.05, 0) is 30.3 Å².